The Bertz CT molecular complexity index is 925. The molecule has 152 valence electrons. The normalized spacial score (nSPS) is 10.7. The van der Waals surface area contributed by atoms with Crippen molar-refractivity contribution in [2.75, 3.05) is 11.1 Å². The van der Waals surface area contributed by atoms with Crippen LogP contribution in [0.2, 0.25) is 0 Å². The number of H-pyrrole nitrogens is 1. The number of rotatable bonds is 10. The molecular formula is C22H26N4O2S. The fourth-order valence-corrected chi connectivity index (χ4v) is 3.35. The lowest BCUT2D eigenvalue weighted by Crippen LogP contribution is -2.14. The van der Waals surface area contributed by atoms with Gasteiger partial charge in [0.1, 0.15) is 12.4 Å². The van der Waals surface area contributed by atoms with Gasteiger partial charge in [-0.05, 0) is 49.1 Å². The van der Waals surface area contributed by atoms with Crippen LogP contribution in [0.15, 0.2) is 53.7 Å². The van der Waals surface area contributed by atoms with E-state index in [0.717, 1.165) is 23.4 Å². The molecule has 6 nitrogen and oxygen atoms in total. The topological polar surface area (TPSA) is 79.9 Å². The van der Waals surface area contributed by atoms with E-state index < -0.39 is 0 Å². The van der Waals surface area contributed by atoms with Gasteiger partial charge in [0.2, 0.25) is 11.1 Å². The highest BCUT2D eigenvalue weighted by Crippen LogP contribution is 2.18. The molecule has 0 bridgehead atoms. The molecular weight excluding hydrogens is 384 g/mol. The number of nitrogens with zero attached hydrogens (tertiary/aromatic N) is 2. The van der Waals surface area contributed by atoms with Crippen molar-refractivity contribution in [2.45, 2.75) is 44.9 Å². The Labute approximate surface area is 175 Å². The van der Waals surface area contributed by atoms with E-state index in [4.69, 9.17) is 4.74 Å². The molecule has 0 aliphatic rings. The summed E-state index contributed by atoms with van der Waals surface area (Å²) in [6.07, 6.45) is 3.43. The molecule has 0 aliphatic heterocycles. The van der Waals surface area contributed by atoms with E-state index in [1.54, 1.807) is 0 Å². The van der Waals surface area contributed by atoms with Crippen LogP contribution in [0.4, 0.5) is 5.69 Å². The Hall–Kier alpha value is -2.80. The minimum Gasteiger partial charge on any atom is -0.485 e. The van der Waals surface area contributed by atoms with Gasteiger partial charge >= 0.3 is 0 Å². The van der Waals surface area contributed by atoms with E-state index in [2.05, 4.69) is 39.6 Å². The third kappa shape index (κ3) is 6.64. The van der Waals surface area contributed by atoms with Crippen LogP contribution in [-0.2, 0) is 17.8 Å². The maximum Gasteiger partial charge on any atom is 0.234 e. The lowest BCUT2D eigenvalue weighted by molar-refractivity contribution is -0.113. The number of aromatic amines is 1. The first-order valence-electron chi connectivity index (χ1n) is 9.75. The van der Waals surface area contributed by atoms with Crippen molar-refractivity contribution in [3.63, 3.8) is 0 Å². The summed E-state index contributed by atoms with van der Waals surface area (Å²) in [5.41, 5.74) is 3.16. The Morgan fingerprint density at radius 2 is 1.97 bits per heavy atom. The number of hydrogen-bond donors (Lipinski definition) is 2. The summed E-state index contributed by atoms with van der Waals surface area (Å²) in [4.78, 5) is 16.5. The molecule has 2 aromatic carbocycles. The summed E-state index contributed by atoms with van der Waals surface area (Å²) in [5.74, 6) is 1.60. The number of anilines is 1. The van der Waals surface area contributed by atoms with E-state index in [9.17, 15) is 4.79 Å². The molecule has 1 amide bonds. The van der Waals surface area contributed by atoms with Crippen LogP contribution in [0, 0.1) is 6.92 Å². The SMILES string of the molecule is CCCCc1ccc(NC(=O)CSc2n[nH]c(COc3ccccc3C)n2)cc1. The van der Waals surface area contributed by atoms with E-state index >= 15 is 0 Å². The summed E-state index contributed by atoms with van der Waals surface area (Å²) in [7, 11) is 0. The smallest absolute Gasteiger partial charge is 0.234 e. The van der Waals surface area contributed by atoms with Crippen LogP contribution in [0.1, 0.15) is 36.7 Å². The lowest BCUT2D eigenvalue weighted by Gasteiger charge is -2.06. The van der Waals surface area contributed by atoms with Gasteiger partial charge in [-0.25, -0.2) is 4.98 Å². The molecule has 0 atom stereocenters. The number of aromatic nitrogens is 3. The molecule has 7 heteroatoms. The van der Waals surface area contributed by atoms with Gasteiger partial charge < -0.3 is 10.1 Å². The predicted molar refractivity (Wildman–Crippen MR) is 116 cm³/mol. The zero-order chi connectivity index (χ0) is 20.5. The number of unbranched alkanes of at least 4 members (excludes halogenated alkanes) is 1. The number of nitrogens with one attached hydrogen (secondary N) is 2. The second-order valence-corrected chi connectivity index (χ2v) is 7.70. The summed E-state index contributed by atoms with van der Waals surface area (Å²) in [5, 5.41) is 10.4. The minimum absolute atomic E-state index is 0.0844. The van der Waals surface area contributed by atoms with Crippen LogP contribution < -0.4 is 10.1 Å². The Morgan fingerprint density at radius 3 is 2.72 bits per heavy atom. The number of carbonyl (C=O) groups is 1. The first-order valence-corrected chi connectivity index (χ1v) is 10.7. The third-order valence-corrected chi connectivity index (χ3v) is 5.21. The van der Waals surface area contributed by atoms with E-state index in [1.165, 1.54) is 30.2 Å². The predicted octanol–water partition coefficient (Wildman–Crippen LogP) is 4.77. The van der Waals surface area contributed by atoms with Crippen molar-refractivity contribution >= 4 is 23.4 Å². The van der Waals surface area contributed by atoms with Gasteiger partial charge in [-0.3, -0.25) is 9.89 Å². The van der Waals surface area contributed by atoms with Crippen molar-refractivity contribution in [1.82, 2.24) is 15.2 Å². The number of hydrogen-bond acceptors (Lipinski definition) is 5. The minimum atomic E-state index is -0.0844. The average molecular weight is 411 g/mol. The summed E-state index contributed by atoms with van der Waals surface area (Å²) >= 11 is 1.29. The molecule has 0 saturated carbocycles. The maximum absolute atomic E-state index is 12.2. The molecule has 0 fully saturated rings. The van der Waals surface area contributed by atoms with Gasteiger partial charge in [0.25, 0.3) is 0 Å². The van der Waals surface area contributed by atoms with Gasteiger partial charge in [0.05, 0.1) is 5.75 Å². The number of benzene rings is 2. The molecule has 0 spiro atoms. The second kappa shape index (κ2) is 10.7. The largest absolute Gasteiger partial charge is 0.485 e. The van der Waals surface area contributed by atoms with Crippen molar-refractivity contribution in [3.8, 4) is 5.75 Å². The molecule has 1 heterocycles. The molecule has 29 heavy (non-hydrogen) atoms. The van der Waals surface area contributed by atoms with Gasteiger partial charge in [0.15, 0.2) is 5.82 Å². The summed E-state index contributed by atoms with van der Waals surface area (Å²) in [6, 6.07) is 15.8. The molecule has 3 aromatic rings. The van der Waals surface area contributed by atoms with Gasteiger partial charge in [0, 0.05) is 5.69 Å². The number of para-hydroxylation sites is 1. The van der Waals surface area contributed by atoms with Crippen molar-refractivity contribution in [2.24, 2.45) is 0 Å². The highest BCUT2D eigenvalue weighted by atomic mass is 32.2. The van der Waals surface area contributed by atoms with Crippen LogP contribution in [0.3, 0.4) is 0 Å². The van der Waals surface area contributed by atoms with Gasteiger partial charge in [-0.15, -0.1) is 5.10 Å². The Balaban J connectivity index is 1.43. The molecule has 0 saturated heterocycles. The molecule has 0 radical (unpaired) electrons. The molecule has 0 unspecified atom stereocenters. The summed E-state index contributed by atoms with van der Waals surface area (Å²) in [6.45, 7) is 4.48. The monoisotopic (exact) mass is 410 g/mol. The summed E-state index contributed by atoms with van der Waals surface area (Å²) < 4.78 is 5.75. The number of thioether (sulfide) groups is 1. The number of aryl methyl sites for hydroxylation is 2. The zero-order valence-electron chi connectivity index (χ0n) is 16.8. The quantitative estimate of drug-likeness (QED) is 0.471. The Kier molecular flexibility index (Phi) is 7.69. The van der Waals surface area contributed by atoms with Crippen molar-refractivity contribution in [3.05, 3.63) is 65.5 Å². The molecule has 2 N–H and O–H groups in total. The van der Waals surface area contributed by atoms with E-state index in [-0.39, 0.29) is 11.7 Å². The van der Waals surface area contributed by atoms with Crippen LogP contribution >= 0.6 is 11.8 Å². The number of amides is 1. The standard InChI is InChI=1S/C22H26N4O2S/c1-3-4-8-17-10-12-18(13-11-17)23-21(27)15-29-22-24-20(25-26-22)14-28-19-9-6-5-7-16(19)2/h5-7,9-13H,3-4,8,14-15H2,1-2H3,(H,23,27)(H,24,25,26). The third-order valence-electron chi connectivity index (χ3n) is 4.36. The number of ether oxygens (including phenoxy) is 1. The van der Waals surface area contributed by atoms with Crippen molar-refractivity contribution < 1.29 is 9.53 Å². The average Bonchev–Trinajstić information content (AvgIpc) is 3.19. The lowest BCUT2D eigenvalue weighted by atomic mass is 10.1. The molecule has 3 rings (SSSR count). The van der Waals surface area contributed by atoms with Gasteiger partial charge in [-0.2, -0.15) is 0 Å². The fraction of sp³-hybridized carbons (Fsp3) is 0.318. The fourth-order valence-electron chi connectivity index (χ4n) is 2.73. The number of carbonyl (C=O) groups excluding carboxylic acids is 1. The second-order valence-electron chi connectivity index (χ2n) is 6.76. The van der Waals surface area contributed by atoms with Crippen LogP contribution in [0.25, 0.3) is 0 Å². The van der Waals surface area contributed by atoms with E-state index in [0.29, 0.717) is 17.6 Å². The van der Waals surface area contributed by atoms with Crippen LogP contribution in [-0.4, -0.2) is 26.8 Å². The Morgan fingerprint density at radius 1 is 1.17 bits per heavy atom. The first kappa shape index (κ1) is 20.9. The zero-order valence-corrected chi connectivity index (χ0v) is 17.6. The first-order chi connectivity index (χ1) is 14.1. The van der Waals surface area contributed by atoms with Crippen LogP contribution in [0.5, 0.6) is 5.75 Å². The van der Waals surface area contributed by atoms with Crippen molar-refractivity contribution in [1.29, 1.82) is 0 Å². The molecule has 0 aliphatic carbocycles. The van der Waals surface area contributed by atoms with Gasteiger partial charge in [-0.1, -0.05) is 55.4 Å². The highest BCUT2D eigenvalue weighted by molar-refractivity contribution is 7.99. The van der Waals surface area contributed by atoms with E-state index in [1.807, 2.05) is 43.3 Å². The highest BCUT2D eigenvalue weighted by Gasteiger charge is 2.09. The molecule has 1 aromatic heterocycles. The maximum atomic E-state index is 12.2.